The molecule has 0 bridgehead atoms. The molecule has 0 aliphatic rings. The number of hydrogen-bond donors (Lipinski definition) is 2. The quantitative estimate of drug-likeness (QED) is 0.710. The number of methoxy groups -OCH3 is 1. The monoisotopic (exact) mass is 187 g/mol. The van der Waals surface area contributed by atoms with Crippen LogP contribution in [0.25, 0.3) is 0 Å². The van der Waals surface area contributed by atoms with Gasteiger partial charge in [0.2, 0.25) is 0 Å². The standard InChI is InChI=1S/C8H10ClNO2/c1-12-8-4-6(5-10-11)2-3-7(8)9/h2-4,10-11H,5H2,1H3. The van der Waals surface area contributed by atoms with Gasteiger partial charge in [0.15, 0.2) is 0 Å². The van der Waals surface area contributed by atoms with Gasteiger partial charge in [0.05, 0.1) is 12.1 Å². The van der Waals surface area contributed by atoms with E-state index >= 15 is 0 Å². The molecule has 0 fully saturated rings. The molecule has 0 aromatic heterocycles. The fourth-order valence-electron chi connectivity index (χ4n) is 0.905. The van der Waals surface area contributed by atoms with Crippen molar-refractivity contribution < 1.29 is 9.94 Å². The third-order valence-corrected chi connectivity index (χ3v) is 1.81. The summed E-state index contributed by atoms with van der Waals surface area (Å²) in [6, 6.07) is 5.31. The lowest BCUT2D eigenvalue weighted by molar-refractivity contribution is 0.161. The maximum absolute atomic E-state index is 8.43. The second-order valence-corrected chi connectivity index (χ2v) is 2.71. The molecule has 0 radical (unpaired) electrons. The van der Waals surface area contributed by atoms with Gasteiger partial charge in [0, 0.05) is 6.54 Å². The normalized spacial score (nSPS) is 9.92. The van der Waals surface area contributed by atoms with Crippen LogP contribution in [-0.2, 0) is 6.54 Å². The largest absolute Gasteiger partial charge is 0.495 e. The summed E-state index contributed by atoms with van der Waals surface area (Å²) in [6.07, 6.45) is 0. The van der Waals surface area contributed by atoms with Crippen molar-refractivity contribution >= 4 is 11.6 Å². The summed E-state index contributed by atoms with van der Waals surface area (Å²) in [4.78, 5) is 0. The number of hydroxylamine groups is 1. The number of benzene rings is 1. The van der Waals surface area contributed by atoms with Gasteiger partial charge in [-0.15, -0.1) is 0 Å². The molecule has 0 spiro atoms. The van der Waals surface area contributed by atoms with Crippen LogP contribution < -0.4 is 10.2 Å². The molecule has 0 heterocycles. The van der Waals surface area contributed by atoms with Gasteiger partial charge in [-0.2, -0.15) is 0 Å². The van der Waals surface area contributed by atoms with Gasteiger partial charge in [0.1, 0.15) is 5.75 Å². The fraction of sp³-hybridized carbons (Fsp3) is 0.250. The Hall–Kier alpha value is -0.770. The third-order valence-electron chi connectivity index (χ3n) is 1.50. The van der Waals surface area contributed by atoms with Crippen molar-refractivity contribution in [1.82, 2.24) is 5.48 Å². The Morgan fingerprint density at radius 3 is 2.92 bits per heavy atom. The number of ether oxygens (including phenoxy) is 1. The summed E-state index contributed by atoms with van der Waals surface area (Å²) < 4.78 is 4.99. The highest BCUT2D eigenvalue weighted by molar-refractivity contribution is 6.32. The molecule has 0 amide bonds. The Balaban J connectivity index is 2.89. The zero-order valence-corrected chi connectivity index (χ0v) is 7.43. The average Bonchev–Trinajstić information content (AvgIpc) is 2.09. The zero-order chi connectivity index (χ0) is 8.97. The molecule has 66 valence electrons. The average molecular weight is 188 g/mol. The van der Waals surface area contributed by atoms with Crippen molar-refractivity contribution in [2.45, 2.75) is 6.54 Å². The summed E-state index contributed by atoms with van der Waals surface area (Å²) in [5.41, 5.74) is 2.97. The second-order valence-electron chi connectivity index (χ2n) is 2.30. The van der Waals surface area contributed by atoms with Crippen molar-refractivity contribution in [1.29, 1.82) is 0 Å². The van der Waals surface area contributed by atoms with Crippen LogP contribution in [0.3, 0.4) is 0 Å². The highest BCUT2D eigenvalue weighted by atomic mass is 35.5. The Morgan fingerprint density at radius 2 is 2.33 bits per heavy atom. The first kappa shape index (κ1) is 9.32. The van der Waals surface area contributed by atoms with Crippen LogP contribution in [0, 0.1) is 0 Å². The molecule has 3 nitrogen and oxygen atoms in total. The highest BCUT2D eigenvalue weighted by Gasteiger charge is 2.00. The lowest BCUT2D eigenvalue weighted by atomic mass is 10.2. The summed E-state index contributed by atoms with van der Waals surface area (Å²) in [5.74, 6) is 0.615. The van der Waals surface area contributed by atoms with Crippen molar-refractivity contribution in [3.8, 4) is 5.75 Å². The maximum Gasteiger partial charge on any atom is 0.137 e. The lowest BCUT2D eigenvalue weighted by Crippen LogP contribution is -2.05. The number of rotatable bonds is 3. The molecule has 1 aromatic carbocycles. The smallest absolute Gasteiger partial charge is 0.137 e. The molecule has 2 N–H and O–H groups in total. The van der Waals surface area contributed by atoms with Crippen LogP contribution in [0.2, 0.25) is 5.02 Å². The van der Waals surface area contributed by atoms with E-state index in [9.17, 15) is 0 Å². The topological polar surface area (TPSA) is 41.5 Å². The van der Waals surface area contributed by atoms with Crippen LogP contribution in [0.1, 0.15) is 5.56 Å². The molecule has 12 heavy (non-hydrogen) atoms. The maximum atomic E-state index is 8.43. The summed E-state index contributed by atoms with van der Waals surface area (Å²) in [5, 5.41) is 9.00. The number of halogens is 1. The molecular weight excluding hydrogens is 178 g/mol. The highest BCUT2D eigenvalue weighted by Crippen LogP contribution is 2.24. The van der Waals surface area contributed by atoms with Crippen molar-refractivity contribution in [2.75, 3.05) is 7.11 Å². The van der Waals surface area contributed by atoms with Crippen LogP contribution in [-0.4, -0.2) is 12.3 Å². The number of hydrogen-bond acceptors (Lipinski definition) is 3. The molecule has 0 saturated heterocycles. The van der Waals surface area contributed by atoms with E-state index in [2.05, 4.69) is 5.48 Å². The fourth-order valence-corrected chi connectivity index (χ4v) is 1.10. The molecule has 1 aromatic rings. The molecule has 4 heteroatoms. The van der Waals surface area contributed by atoms with E-state index < -0.39 is 0 Å². The Bertz CT molecular complexity index is 265. The molecule has 0 atom stereocenters. The molecular formula is C8H10ClNO2. The SMILES string of the molecule is COc1cc(CNO)ccc1Cl. The van der Waals surface area contributed by atoms with Crippen molar-refractivity contribution in [2.24, 2.45) is 0 Å². The van der Waals surface area contributed by atoms with E-state index in [-0.39, 0.29) is 0 Å². The first-order valence-corrected chi connectivity index (χ1v) is 3.85. The van der Waals surface area contributed by atoms with Crippen LogP contribution in [0.4, 0.5) is 0 Å². The van der Waals surface area contributed by atoms with Gasteiger partial charge in [-0.25, -0.2) is 5.48 Å². The van der Waals surface area contributed by atoms with Gasteiger partial charge < -0.3 is 9.94 Å². The first-order chi connectivity index (χ1) is 5.77. The van der Waals surface area contributed by atoms with Crippen LogP contribution >= 0.6 is 11.6 Å². The van der Waals surface area contributed by atoms with Crippen LogP contribution in [0.5, 0.6) is 5.75 Å². The van der Waals surface area contributed by atoms with Gasteiger partial charge in [-0.3, -0.25) is 0 Å². The molecule has 0 unspecified atom stereocenters. The zero-order valence-electron chi connectivity index (χ0n) is 6.67. The van der Waals surface area contributed by atoms with E-state index in [1.165, 1.54) is 0 Å². The first-order valence-electron chi connectivity index (χ1n) is 3.47. The molecule has 0 saturated carbocycles. The van der Waals surface area contributed by atoms with Gasteiger partial charge in [-0.05, 0) is 17.7 Å². The predicted octanol–water partition coefficient (Wildman–Crippen LogP) is 1.83. The van der Waals surface area contributed by atoms with Gasteiger partial charge >= 0.3 is 0 Å². The molecule has 0 aliphatic heterocycles. The van der Waals surface area contributed by atoms with Gasteiger partial charge in [0.25, 0.3) is 0 Å². The Kier molecular flexibility index (Phi) is 3.34. The summed E-state index contributed by atoms with van der Waals surface area (Å²) >= 11 is 5.79. The summed E-state index contributed by atoms with van der Waals surface area (Å²) in [6.45, 7) is 0.382. The Labute approximate surface area is 75.9 Å². The molecule has 0 aliphatic carbocycles. The van der Waals surface area contributed by atoms with E-state index in [4.69, 9.17) is 21.5 Å². The number of nitrogens with one attached hydrogen (secondary N) is 1. The van der Waals surface area contributed by atoms with Crippen LogP contribution in [0.15, 0.2) is 18.2 Å². The minimum absolute atomic E-state index is 0.382. The van der Waals surface area contributed by atoms with Gasteiger partial charge in [-0.1, -0.05) is 17.7 Å². The van der Waals surface area contributed by atoms with E-state index in [1.807, 2.05) is 6.07 Å². The van der Waals surface area contributed by atoms with E-state index in [0.29, 0.717) is 17.3 Å². The summed E-state index contributed by atoms with van der Waals surface area (Å²) in [7, 11) is 1.55. The minimum Gasteiger partial charge on any atom is -0.495 e. The van der Waals surface area contributed by atoms with E-state index in [0.717, 1.165) is 5.56 Å². The predicted molar refractivity (Wildman–Crippen MR) is 46.6 cm³/mol. The Morgan fingerprint density at radius 1 is 1.58 bits per heavy atom. The third kappa shape index (κ3) is 2.11. The van der Waals surface area contributed by atoms with Crippen molar-refractivity contribution in [3.63, 3.8) is 0 Å². The van der Waals surface area contributed by atoms with E-state index in [1.54, 1.807) is 19.2 Å². The molecule has 1 rings (SSSR count). The second kappa shape index (κ2) is 4.30. The lowest BCUT2D eigenvalue weighted by Gasteiger charge is -2.04. The van der Waals surface area contributed by atoms with Crippen molar-refractivity contribution in [3.05, 3.63) is 28.8 Å². The minimum atomic E-state index is 0.382.